The van der Waals surface area contributed by atoms with Gasteiger partial charge in [-0.05, 0) is 56.6 Å². The molecule has 1 aliphatic heterocycles. The number of halogens is 2. The number of hydrogen-bond acceptors (Lipinski definition) is 2. The van der Waals surface area contributed by atoms with E-state index in [1.165, 1.54) is 25.0 Å². The van der Waals surface area contributed by atoms with Crippen LogP contribution in [-0.2, 0) is 0 Å². The van der Waals surface area contributed by atoms with Gasteiger partial charge in [0.25, 0.3) is 0 Å². The Kier molecular flexibility index (Phi) is 5.76. The van der Waals surface area contributed by atoms with Crippen LogP contribution in [0.25, 0.3) is 0 Å². The Balaban J connectivity index is 0.00000162. The fraction of sp³-hybridized carbons (Fsp3) is 0.500. The molecule has 0 spiro atoms. The van der Waals surface area contributed by atoms with E-state index in [4.69, 9.17) is 0 Å². The first-order valence-electron chi connectivity index (χ1n) is 6.26. The second-order valence-corrected chi connectivity index (χ2v) is 4.54. The van der Waals surface area contributed by atoms with Gasteiger partial charge >= 0.3 is 0 Å². The second-order valence-electron chi connectivity index (χ2n) is 4.54. The van der Waals surface area contributed by atoms with Gasteiger partial charge in [0, 0.05) is 5.56 Å². The van der Waals surface area contributed by atoms with Crippen molar-refractivity contribution in [3.05, 3.63) is 35.6 Å². The molecule has 1 unspecified atom stereocenters. The van der Waals surface area contributed by atoms with E-state index in [-0.39, 0.29) is 30.0 Å². The third-order valence-corrected chi connectivity index (χ3v) is 3.40. The molecule has 2 rings (SSSR count). The van der Waals surface area contributed by atoms with E-state index in [1.54, 1.807) is 12.1 Å². The molecule has 1 heterocycles. The van der Waals surface area contributed by atoms with Gasteiger partial charge in [0.15, 0.2) is 5.78 Å². The van der Waals surface area contributed by atoms with E-state index in [9.17, 15) is 9.18 Å². The number of Topliss-reactive ketones (excluding diaryl/α,β-unsaturated/α-hetero) is 1. The lowest BCUT2D eigenvalue weighted by Gasteiger charge is -2.25. The molecule has 1 aromatic rings. The highest BCUT2D eigenvalue weighted by atomic mass is 35.5. The summed E-state index contributed by atoms with van der Waals surface area (Å²) in [6.45, 7) is 4.04. The lowest BCUT2D eigenvalue weighted by molar-refractivity contribution is 0.0844. The average molecular weight is 272 g/mol. The number of hydrogen-bond donors (Lipinski definition) is 0. The van der Waals surface area contributed by atoms with Crippen LogP contribution in [0.5, 0.6) is 0 Å². The molecule has 0 aliphatic carbocycles. The van der Waals surface area contributed by atoms with Gasteiger partial charge in [-0.15, -0.1) is 12.4 Å². The Hall–Kier alpha value is -0.930. The number of rotatable bonds is 4. The molecule has 100 valence electrons. The highest BCUT2D eigenvalue weighted by Crippen LogP contribution is 2.18. The van der Waals surface area contributed by atoms with Gasteiger partial charge in [0.1, 0.15) is 5.82 Å². The van der Waals surface area contributed by atoms with Crippen molar-refractivity contribution in [2.45, 2.75) is 32.2 Å². The van der Waals surface area contributed by atoms with Crippen LogP contribution < -0.4 is 0 Å². The summed E-state index contributed by atoms with van der Waals surface area (Å²) in [4.78, 5) is 14.6. The van der Waals surface area contributed by atoms with E-state index < -0.39 is 0 Å². The molecule has 0 saturated carbocycles. The molecular formula is C14H19ClFNO. The number of benzene rings is 1. The quantitative estimate of drug-likeness (QED) is 0.783. The average Bonchev–Trinajstić information content (AvgIpc) is 2.84. The van der Waals surface area contributed by atoms with Gasteiger partial charge in [-0.3, -0.25) is 9.69 Å². The first-order valence-corrected chi connectivity index (χ1v) is 6.26. The minimum absolute atomic E-state index is 0. The van der Waals surface area contributed by atoms with Gasteiger partial charge in [0.2, 0.25) is 0 Å². The highest BCUT2D eigenvalue weighted by molar-refractivity contribution is 6.00. The predicted molar refractivity (Wildman–Crippen MR) is 72.9 cm³/mol. The summed E-state index contributed by atoms with van der Waals surface area (Å²) in [6.07, 6.45) is 3.16. The van der Waals surface area contributed by atoms with Crippen LogP contribution in [0.15, 0.2) is 24.3 Å². The maximum absolute atomic E-state index is 12.8. The molecule has 1 aliphatic rings. The largest absolute Gasteiger partial charge is 0.293 e. The molecule has 0 radical (unpaired) electrons. The summed E-state index contributed by atoms with van der Waals surface area (Å²) in [5, 5.41) is 0. The zero-order chi connectivity index (χ0) is 12.3. The molecule has 0 aromatic heterocycles. The van der Waals surface area contributed by atoms with E-state index >= 15 is 0 Å². The molecule has 0 N–H and O–H groups in total. The summed E-state index contributed by atoms with van der Waals surface area (Å²) in [5.41, 5.74) is 0.616. The molecular weight excluding hydrogens is 253 g/mol. The standard InChI is InChI=1S/C14H18FNO.ClH/c1-2-13(16-9-3-4-10-16)14(17)11-5-7-12(15)8-6-11;/h5-8,13H,2-4,9-10H2,1H3;1H. The minimum Gasteiger partial charge on any atom is -0.293 e. The Morgan fingerprint density at radius 2 is 1.83 bits per heavy atom. The van der Waals surface area contributed by atoms with Crippen molar-refractivity contribution in [2.75, 3.05) is 13.1 Å². The summed E-state index contributed by atoms with van der Waals surface area (Å²) in [6, 6.07) is 5.82. The number of ketones is 1. The molecule has 1 fully saturated rings. The zero-order valence-corrected chi connectivity index (χ0v) is 11.4. The maximum atomic E-state index is 12.8. The van der Waals surface area contributed by atoms with Gasteiger partial charge in [-0.2, -0.15) is 0 Å². The van der Waals surface area contributed by atoms with Gasteiger partial charge in [-0.1, -0.05) is 6.92 Å². The fourth-order valence-electron chi connectivity index (χ4n) is 2.47. The van der Waals surface area contributed by atoms with Gasteiger partial charge in [0.05, 0.1) is 6.04 Å². The summed E-state index contributed by atoms with van der Waals surface area (Å²) in [7, 11) is 0. The van der Waals surface area contributed by atoms with Gasteiger partial charge in [-0.25, -0.2) is 4.39 Å². The van der Waals surface area contributed by atoms with Crippen LogP contribution in [0.4, 0.5) is 4.39 Å². The summed E-state index contributed by atoms with van der Waals surface area (Å²) < 4.78 is 12.8. The molecule has 1 saturated heterocycles. The topological polar surface area (TPSA) is 20.3 Å². The normalized spacial score (nSPS) is 17.2. The van der Waals surface area contributed by atoms with Crippen LogP contribution in [0.2, 0.25) is 0 Å². The minimum atomic E-state index is -0.296. The van der Waals surface area contributed by atoms with Crippen LogP contribution in [0.3, 0.4) is 0 Å². The molecule has 4 heteroatoms. The van der Waals surface area contributed by atoms with Crippen molar-refractivity contribution in [3.63, 3.8) is 0 Å². The number of carbonyl (C=O) groups excluding carboxylic acids is 1. The lowest BCUT2D eigenvalue weighted by Crippen LogP contribution is -2.38. The van der Waals surface area contributed by atoms with Crippen LogP contribution in [-0.4, -0.2) is 29.8 Å². The Bertz CT molecular complexity index is 387. The Morgan fingerprint density at radius 3 is 2.33 bits per heavy atom. The van der Waals surface area contributed by atoms with E-state index in [2.05, 4.69) is 4.90 Å². The van der Waals surface area contributed by atoms with Gasteiger partial charge < -0.3 is 0 Å². The molecule has 2 nitrogen and oxygen atoms in total. The first kappa shape index (κ1) is 15.1. The van der Waals surface area contributed by atoms with Crippen molar-refractivity contribution in [3.8, 4) is 0 Å². The van der Waals surface area contributed by atoms with Crippen LogP contribution >= 0.6 is 12.4 Å². The van der Waals surface area contributed by atoms with E-state index in [1.807, 2.05) is 6.92 Å². The third-order valence-electron chi connectivity index (χ3n) is 3.40. The van der Waals surface area contributed by atoms with Crippen molar-refractivity contribution < 1.29 is 9.18 Å². The molecule has 1 aromatic carbocycles. The van der Waals surface area contributed by atoms with Crippen LogP contribution in [0.1, 0.15) is 36.5 Å². The molecule has 1 atom stereocenters. The molecule has 18 heavy (non-hydrogen) atoms. The Labute approximate surface area is 114 Å². The Morgan fingerprint density at radius 1 is 1.28 bits per heavy atom. The smallest absolute Gasteiger partial charge is 0.179 e. The van der Waals surface area contributed by atoms with Crippen molar-refractivity contribution >= 4 is 18.2 Å². The first-order chi connectivity index (χ1) is 8.22. The number of carbonyl (C=O) groups is 1. The van der Waals surface area contributed by atoms with Crippen molar-refractivity contribution in [1.29, 1.82) is 0 Å². The highest BCUT2D eigenvalue weighted by Gasteiger charge is 2.27. The zero-order valence-electron chi connectivity index (χ0n) is 10.6. The fourth-order valence-corrected chi connectivity index (χ4v) is 2.47. The summed E-state index contributed by atoms with van der Waals surface area (Å²) in [5.74, 6) is -0.176. The maximum Gasteiger partial charge on any atom is 0.179 e. The predicted octanol–water partition coefficient (Wildman–Crippen LogP) is 3.30. The summed E-state index contributed by atoms with van der Waals surface area (Å²) >= 11 is 0. The number of likely N-dealkylation sites (tertiary alicyclic amines) is 1. The van der Waals surface area contributed by atoms with Crippen molar-refractivity contribution in [1.82, 2.24) is 4.90 Å². The van der Waals surface area contributed by atoms with Crippen molar-refractivity contribution in [2.24, 2.45) is 0 Å². The lowest BCUT2D eigenvalue weighted by atomic mass is 10.0. The van der Waals surface area contributed by atoms with E-state index in [0.717, 1.165) is 19.5 Å². The SMILES string of the molecule is CCC(C(=O)c1ccc(F)cc1)N1CCCC1.Cl. The number of nitrogens with zero attached hydrogens (tertiary/aromatic N) is 1. The monoisotopic (exact) mass is 271 g/mol. The van der Waals surface area contributed by atoms with Crippen LogP contribution in [0, 0.1) is 5.82 Å². The van der Waals surface area contributed by atoms with E-state index in [0.29, 0.717) is 5.56 Å². The third kappa shape index (κ3) is 3.30. The second kappa shape index (κ2) is 6.86. The molecule has 0 amide bonds. The molecule has 0 bridgehead atoms.